The van der Waals surface area contributed by atoms with E-state index in [9.17, 15) is 18.5 Å². The van der Waals surface area contributed by atoms with Gasteiger partial charge in [-0.25, -0.2) is 8.42 Å². The molecule has 0 radical (unpaired) electrons. The number of nitro benzene ring substituents is 1. The summed E-state index contributed by atoms with van der Waals surface area (Å²) in [5.41, 5.74) is 0.783. The highest BCUT2D eigenvalue weighted by molar-refractivity contribution is 7.92. The Labute approximate surface area is 138 Å². The number of benzene rings is 3. The van der Waals surface area contributed by atoms with Crippen LogP contribution in [-0.4, -0.2) is 13.3 Å². The second kappa shape index (κ2) is 5.93. The minimum absolute atomic E-state index is 0.0502. The van der Waals surface area contributed by atoms with Crippen LogP contribution >= 0.6 is 0 Å². The molecule has 0 unspecified atom stereocenters. The van der Waals surface area contributed by atoms with Gasteiger partial charge in [0.1, 0.15) is 0 Å². The van der Waals surface area contributed by atoms with Gasteiger partial charge in [0.15, 0.2) is 0 Å². The molecule has 3 aromatic rings. The number of non-ortho nitro benzene ring substituents is 1. The number of nitro groups is 1. The average Bonchev–Trinajstić information content (AvgIpc) is 2.57. The van der Waals surface area contributed by atoms with Gasteiger partial charge in [-0.2, -0.15) is 0 Å². The molecule has 0 saturated carbocycles. The van der Waals surface area contributed by atoms with Crippen LogP contribution in [0.15, 0.2) is 65.6 Å². The zero-order valence-electron chi connectivity index (χ0n) is 12.8. The zero-order valence-corrected chi connectivity index (χ0v) is 13.6. The standard InChI is InChI=1S/C17H14N2O4S/c1-12-11-16(19(20)21)14-9-5-6-10-15(14)17(12)18-24(22,23)13-7-3-2-4-8-13/h2-11,18H,1H3. The normalized spacial score (nSPS) is 11.4. The number of sulfonamides is 1. The van der Waals surface area contributed by atoms with Gasteiger partial charge in [-0.3, -0.25) is 14.8 Å². The van der Waals surface area contributed by atoms with E-state index in [-0.39, 0.29) is 10.6 Å². The lowest BCUT2D eigenvalue weighted by molar-refractivity contribution is -0.383. The molecule has 0 heterocycles. The van der Waals surface area contributed by atoms with Crippen molar-refractivity contribution in [3.63, 3.8) is 0 Å². The van der Waals surface area contributed by atoms with E-state index in [4.69, 9.17) is 0 Å². The number of aryl methyl sites for hydroxylation is 1. The number of fused-ring (bicyclic) bond motifs is 1. The van der Waals surface area contributed by atoms with Gasteiger partial charge in [-0.05, 0) is 30.7 Å². The average molecular weight is 342 g/mol. The number of hydrogen-bond donors (Lipinski definition) is 1. The molecule has 0 spiro atoms. The third kappa shape index (κ3) is 2.81. The van der Waals surface area contributed by atoms with Crippen molar-refractivity contribution >= 4 is 32.2 Å². The first-order valence-corrected chi connectivity index (χ1v) is 8.63. The quantitative estimate of drug-likeness (QED) is 0.576. The van der Waals surface area contributed by atoms with E-state index >= 15 is 0 Å². The van der Waals surface area contributed by atoms with E-state index in [2.05, 4.69) is 4.72 Å². The molecule has 0 bridgehead atoms. The highest BCUT2D eigenvalue weighted by atomic mass is 32.2. The van der Waals surface area contributed by atoms with E-state index in [0.29, 0.717) is 22.0 Å². The van der Waals surface area contributed by atoms with E-state index < -0.39 is 14.9 Å². The van der Waals surface area contributed by atoms with Crippen molar-refractivity contribution in [2.75, 3.05) is 4.72 Å². The second-order valence-corrected chi connectivity index (χ2v) is 6.99. The Morgan fingerprint density at radius 3 is 2.17 bits per heavy atom. The lowest BCUT2D eigenvalue weighted by atomic mass is 10.0. The first-order chi connectivity index (χ1) is 11.4. The van der Waals surface area contributed by atoms with Crippen LogP contribution in [0, 0.1) is 17.0 Å². The molecule has 0 saturated heterocycles. The van der Waals surface area contributed by atoms with Gasteiger partial charge >= 0.3 is 0 Å². The largest absolute Gasteiger partial charge is 0.279 e. The van der Waals surface area contributed by atoms with Crippen molar-refractivity contribution in [2.24, 2.45) is 0 Å². The molecule has 0 atom stereocenters. The van der Waals surface area contributed by atoms with Crippen LogP contribution in [0.1, 0.15) is 5.56 Å². The van der Waals surface area contributed by atoms with Crippen LogP contribution in [0.5, 0.6) is 0 Å². The van der Waals surface area contributed by atoms with Crippen LogP contribution < -0.4 is 4.72 Å². The SMILES string of the molecule is Cc1cc([N+](=O)[O-])c2ccccc2c1NS(=O)(=O)c1ccccc1. The smallest absolute Gasteiger partial charge is 0.277 e. The summed E-state index contributed by atoms with van der Waals surface area (Å²) in [6, 6.07) is 16.0. The molecule has 3 rings (SSSR count). The van der Waals surface area contributed by atoms with Crippen LogP contribution in [0.3, 0.4) is 0 Å². The van der Waals surface area contributed by atoms with Gasteiger partial charge in [-0.15, -0.1) is 0 Å². The van der Waals surface area contributed by atoms with Gasteiger partial charge < -0.3 is 0 Å². The Bertz CT molecular complexity index is 1030. The fraction of sp³-hybridized carbons (Fsp3) is 0.0588. The van der Waals surface area contributed by atoms with Crippen molar-refractivity contribution in [3.8, 4) is 0 Å². The molecule has 7 heteroatoms. The van der Waals surface area contributed by atoms with Crippen molar-refractivity contribution in [2.45, 2.75) is 11.8 Å². The molecule has 3 aromatic carbocycles. The first-order valence-electron chi connectivity index (χ1n) is 7.15. The van der Waals surface area contributed by atoms with Crippen LogP contribution in [0.25, 0.3) is 10.8 Å². The Hall–Kier alpha value is -2.93. The number of rotatable bonds is 4. The summed E-state index contributed by atoms with van der Waals surface area (Å²) in [6.45, 7) is 1.64. The Morgan fingerprint density at radius 2 is 1.54 bits per heavy atom. The molecule has 0 amide bonds. The summed E-state index contributed by atoms with van der Waals surface area (Å²) in [7, 11) is -3.78. The molecular formula is C17H14N2O4S. The van der Waals surface area contributed by atoms with Crippen LogP contribution in [0.2, 0.25) is 0 Å². The van der Waals surface area contributed by atoms with Gasteiger partial charge in [0.05, 0.1) is 20.9 Å². The third-order valence-electron chi connectivity index (χ3n) is 3.71. The third-order valence-corrected chi connectivity index (χ3v) is 5.07. The predicted molar refractivity (Wildman–Crippen MR) is 92.6 cm³/mol. The minimum Gasteiger partial charge on any atom is -0.279 e. The molecule has 0 fully saturated rings. The summed E-state index contributed by atoms with van der Waals surface area (Å²) in [5.74, 6) is 0. The molecule has 1 N–H and O–H groups in total. The Balaban J connectivity index is 2.19. The van der Waals surface area contributed by atoms with Crippen LogP contribution in [-0.2, 0) is 10.0 Å². The zero-order chi connectivity index (χ0) is 17.3. The first kappa shape index (κ1) is 15.9. The molecule has 6 nitrogen and oxygen atoms in total. The predicted octanol–water partition coefficient (Wildman–Crippen LogP) is 3.86. The van der Waals surface area contributed by atoms with Gasteiger partial charge in [0.25, 0.3) is 15.7 Å². The highest BCUT2D eigenvalue weighted by Gasteiger charge is 2.21. The number of anilines is 1. The van der Waals surface area contributed by atoms with Crippen molar-refractivity contribution in [3.05, 3.63) is 76.3 Å². The second-order valence-electron chi connectivity index (χ2n) is 5.31. The van der Waals surface area contributed by atoms with Crippen molar-refractivity contribution < 1.29 is 13.3 Å². The molecule has 0 aliphatic heterocycles. The number of nitrogens with zero attached hydrogens (tertiary/aromatic N) is 1. The topological polar surface area (TPSA) is 89.3 Å². The van der Waals surface area contributed by atoms with E-state index in [1.165, 1.54) is 18.2 Å². The van der Waals surface area contributed by atoms with Crippen molar-refractivity contribution in [1.82, 2.24) is 0 Å². The number of hydrogen-bond acceptors (Lipinski definition) is 4. The molecular weight excluding hydrogens is 328 g/mol. The summed E-state index contributed by atoms with van der Waals surface area (Å²) in [4.78, 5) is 10.9. The minimum atomic E-state index is -3.78. The lowest BCUT2D eigenvalue weighted by Crippen LogP contribution is -2.14. The van der Waals surface area contributed by atoms with Gasteiger partial charge in [0, 0.05) is 11.5 Å². The summed E-state index contributed by atoms with van der Waals surface area (Å²) in [6.07, 6.45) is 0. The van der Waals surface area contributed by atoms with Gasteiger partial charge in [-0.1, -0.05) is 36.4 Å². The molecule has 0 aromatic heterocycles. The lowest BCUT2D eigenvalue weighted by Gasteiger charge is -2.14. The fourth-order valence-corrected chi connectivity index (χ4v) is 3.74. The van der Waals surface area contributed by atoms with Crippen molar-refractivity contribution in [1.29, 1.82) is 0 Å². The van der Waals surface area contributed by atoms with E-state index in [1.807, 2.05) is 0 Å². The summed E-state index contributed by atoms with van der Waals surface area (Å²) >= 11 is 0. The highest BCUT2D eigenvalue weighted by Crippen LogP contribution is 2.35. The fourth-order valence-electron chi connectivity index (χ4n) is 2.57. The molecule has 24 heavy (non-hydrogen) atoms. The summed E-state index contributed by atoms with van der Waals surface area (Å²) in [5, 5.41) is 12.1. The van der Waals surface area contributed by atoms with Crippen LogP contribution in [0.4, 0.5) is 11.4 Å². The number of nitrogens with one attached hydrogen (secondary N) is 1. The molecule has 0 aliphatic rings. The van der Waals surface area contributed by atoms with E-state index in [1.54, 1.807) is 49.4 Å². The maximum atomic E-state index is 12.6. The molecule has 122 valence electrons. The Morgan fingerprint density at radius 1 is 0.958 bits per heavy atom. The Kier molecular flexibility index (Phi) is 3.94. The van der Waals surface area contributed by atoms with E-state index in [0.717, 1.165) is 0 Å². The van der Waals surface area contributed by atoms with Gasteiger partial charge in [0.2, 0.25) is 0 Å². The molecule has 0 aliphatic carbocycles. The maximum absolute atomic E-state index is 12.6. The monoisotopic (exact) mass is 342 g/mol. The maximum Gasteiger partial charge on any atom is 0.277 e. The summed E-state index contributed by atoms with van der Waals surface area (Å²) < 4.78 is 27.7.